The first-order chi connectivity index (χ1) is 19.4. The second-order valence-electron chi connectivity index (χ2n) is 9.54. The van der Waals surface area contributed by atoms with Gasteiger partial charge in [0, 0.05) is 41.4 Å². The molecule has 3 aliphatic rings. The normalized spacial score (nSPS) is 20.1. The molecule has 0 radical (unpaired) electrons. The highest BCUT2D eigenvalue weighted by molar-refractivity contribution is 7.22. The Morgan fingerprint density at radius 3 is 1.41 bits per heavy atom. The lowest BCUT2D eigenvalue weighted by Crippen LogP contribution is -2.48. The highest BCUT2D eigenvalue weighted by Gasteiger charge is 2.80. The van der Waals surface area contributed by atoms with E-state index in [1.807, 2.05) is 0 Å². The van der Waals surface area contributed by atoms with Crippen LogP contribution >= 0.6 is 45.3 Å². The van der Waals surface area contributed by atoms with Crippen LogP contribution in [0.2, 0.25) is 0 Å². The Balaban J connectivity index is 1.42. The molecule has 6 heterocycles. The van der Waals surface area contributed by atoms with Gasteiger partial charge in [0.2, 0.25) is 0 Å². The van der Waals surface area contributed by atoms with E-state index >= 15 is 26.3 Å². The summed E-state index contributed by atoms with van der Waals surface area (Å²) in [5.74, 6) is -14.1. The zero-order valence-electron chi connectivity index (χ0n) is 21.2. The van der Waals surface area contributed by atoms with Crippen molar-refractivity contribution >= 4 is 56.5 Å². The molecule has 0 amide bonds. The highest BCUT2D eigenvalue weighted by atomic mass is 32.1. The number of allylic oxidation sites excluding steroid dienone is 2. The van der Waals surface area contributed by atoms with Crippen LogP contribution in [-0.2, 0) is 0 Å². The van der Waals surface area contributed by atoms with Gasteiger partial charge in [0.05, 0.1) is 9.75 Å². The predicted molar refractivity (Wildman–Crippen MR) is 148 cm³/mol. The van der Waals surface area contributed by atoms with Crippen molar-refractivity contribution in [2.75, 3.05) is 26.4 Å². The van der Waals surface area contributed by atoms with E-state index in [0.717, 1.165) is 22.7 Å². The zero-order valence-corrected chi connectivity index (χ0v) is 24.4. The number of fused-ring (bicyclic) bond motifs is 2. The molecule has 2 aliphatic heterocycles. The van der Waals surface area contributed by atoms with E-state index in [-0.39, 0.29) is 34.1 Å². The lowest BCUT2D eigenvalue weighted by molar-refractivity contribution is -0.254. The van der Waals surface area contributed by atoms with Crippen molar-refractivity contribution < 1.29 is 45.3 Å². The zero-order chi connectivity index (χ0) is 28.9. The Morgan fingerprint density at radius 2 is 1.00 bits per heavy atom. The molecule has 0 atom stereocenters. The van der Waals surface area contributed by atoms with Gasteiger partial charge in [0.1, 0.15) is 26.4 Å². The van der Waals surface area contributed by atoms with Crippen LogP contribution in [0.5, 0.6) is 23.0 Å². The lowest BCUT2D eigenvalue weighted by atomic mass is 9.95. The minimum atomic E-state index is -5.65. The molecule has 0 spiro atoms. The molecule has 7 rings (SSSR count). The highest BCUT2D eigenvalue weighted by Crippen LogP contribution is 2.66. The van der Waals surface area contributed by atoms with Crippen LogP contribution in [0.25, 0.3) is 30.7 Å². The summed E-state index contributed by atoms with van der Waals surface area (Å²) >= 11 is 4.56. The van der Waals surface area contributed by atoms with Crippen LogP contribution in [0.3, 0.4) is 0 Å². The molecule has 0 N–H and O–H groups in total. The molecule has 0 aromatic carbocycles. The van der Waals surface area contributed by atoms with Crippen molar-refractivity contribution in [3.05, 3.63) is 43.8 Å². The third kappa shape index (κ3) is 3.76. The molecule has 0 saturated carbocycles. The summed E-state index contributed by atoms with van der Waals surface area (Å²) in [6, 6.07) is 2.54. The van der Waals surface area contributed by atoms with E-state index in [9.17, 15) is 0 Å². The molecule has 41 heavy (non-hydrogen) atoms. The fraction of sp³-hybridized carbons (Fsp3) is 0.333. The van der Waals surface area contributed by atoms with Crippen LogP contribution in [-0.4, -0.2) is 44.2 Å². The maximum absolute atomic E-state index is 15.6. The molecular formula is C27H18F6O4S4. The Bertz CT molecular complexity index is 1600. The van der Waals surface area contributed by atoms with Crippen molar-refractivity contribution in [3.63, 3.8) is 0 Å². The first kappa shape index (κ1) is 27.2. The summed E-state index contributed by atoms with van der Waals surface area (Å²) in [6.07, 6.45) is 0. The molecule has 4 aromatic heterocycles. The molecule has 4 nitrogen and oxygen atoms in total. The molecule has 216 valence electrons. The first-order valence-electron chi connectivity index (χ1n) is 12.3. The summed E-state index contributed by atoms with van der Waals surface area (Å²) in [6.45, 7) is 4.17. The standard InChI is InChI=1S/C27H18F6O4S4/c1-11-13(7-17(40-11)23-21-15(9-38-23)34-3-5-36-21)19-20(26(30,31)27(32,33)25(19,28)29)14-8-18(41-12(14)2)24-22-16(10-39-24)35-4-6-37-22/h7-10H,3-6H2,1-2H3. The smallest absolute Gasteiger partial charge is 0.380 e. The molecule has 4 aromatic rings. The first-order valence-corrected chi connectivity index (χ1v) is 15.7. The molecule has 14 heteroatoms. The van der Waals surface area contributed by atoms with Crippen molar-refractivity contribution in [2.24, 2.45) is 0 Å². The van der Waals surface area contributed by atoms with Gasteiger partial charge in [-0.1, -0.05) is 0 Å². The summed E-state index contributed by atoms with van der Waals surface area (Å²) in [7, 11) is 0. The van der Waals surface area contributed by atoms with Gasteiger partial charge >= 0.3 is 17.8 Å². The third-order valence-corrected chi connectivity index (χ3v) is 11.4. The topological polar surface area (TPSA) is 36.9 Å². The summed E-state index contributed by atoms with van der Waals surface area (Å²) in [5.41, 5.74) is -3.43. The van der Waals surface area contributed by atoms with Crippen LogP contribution in [0, 0.1) is 13.8 Å². The summed E-state index contributed by atoms with van der Waals surface area (Å²) in [4.78, 5) is 2.37. The second kappa shape index (κ2) is 9.16. The number of alkyl halides is 6. The minimum Gasteiger partial charge on any atom is -0.485 e. The van der Waals surface area contributed by atoms with E-state index in [2.05, 4.69) is 0 Å². The van der Waals surface area contributed by atoms with Crippen LogP contribution in [0.4, 0.5) is 26.3 Å². The maximum Gasteiger partial charge on any atom is 0.380 e. The number of halogens is 6. The number of hydrogen-bond acceptors (Lipinski definition) is 8. The minimum absolute atomic E-state index is 0.200. The quantitative estimate of drug-likeness (QED) is 0.207. The van der Waals surface area contributed by atoms with Crippen LogP contribution < -0.4 is 18.9 Å². The van der Waals surface area contributed by atoms with Crippen molar-refractivity contribution in [2.45, 2.75) is 31.6 Å². The SMILES string of the molecule is Cc1sc(-c2scc3c2OCCO3)cc1C1=C(c2cc(-c3scc4c3OCCO4)sc2C)C(F)(F)C(F)(F)C1(F)F. The van der Waals surface area contributed by atoms with Gasteiger partial charge in [-0.05, 0) is 37.1 Å². The Kier molecular flexibility index (Phi) is 6.07. The number of thiophene rings is 4. The van der Waals surface area contributed by atoms with Crippen molar-refractivity contribution in [1.82, 2.24) is 0 Å². The van der Waals surface area contributed by atoms with Gasteiger partial charge < -0.3 is 18.9 Å². The Hall–Kier alpha value is -2.68. The average molecular weight is 649 g/mol. The van der Waals surface area contributed by atoms with Crippen molar-refractivity contribution in [3.8, 4) is 42.5 Å². The third-order valence-electron chi connectivity index (χ3n) is 7.09. The second-order valence-corrected chi connectivity index (χ2v) is 13.8. The fourth-order valence-electron chi connectivity index (χ4n) is 5.18. The number of aryl methyl sites for hydroxylation is 2. The molecule has 0 unspecified atom stereocenters. The molecule has 0 saturated heterocycles. The average Bonchev–Trinajstić information content (AvgIpc) is 3.72. The van der Waals surface area contributed by atoms with Gasteiger partial charge in [-0.15, -0.1) is 45.3 Å². The number of ether oxygens (including phenoxy) is 4. The summed E-state index contributed by atoms with van der Waals surface area (Å²) in [5, 5.41) is 3.40. The Labute approximate surface area is 245 Å². The molecule has 0 bridgehead atoms. The predicted octanol–water partition coefficient (Wildman–Crippen LogP) is 9.26. The number of rotatable bonds is 4. The monoisotopic (exact) mass is 648 g/mol. The van der Waals surface area contributed by atoms with E-state index in [1.54, 1.807) is 10.8 Å². The van der Waals surface area contributed by atoms with Crippen molar-refractivity contribution in [1.29, 1.82) is 0 Å². The largest absolute Gasteiger partial charge is 0.485 e. The van der Waals surface area contributed by atoms with Gasteiger partial charge in [-0.3, -0.25) is 0 Å². The molecule has 1 aliphatic carbocycles. The van der Waals surface area contributed by atoms with Gasteiger partial charge in [-0.25, -0.2) is 0 Å². The number of hydrogen-bond donors (Lipinski definition) is 0. The summed E-state index contributed by atoms with van der Waals surface area (Å²) < 4.78 is 115. The Morgan fingerprint density at radius 1 is 0.610 bits per heavy atom. The van der Waals surface area contributed by atoms with Crippen LogP contribution in [0.1, 0.15) is 20.9 Å². The van der Waals surface area contributed by atoms with E-state index < -0.39 is 28.9 Å². The fourth-order valence-corrected chi connectivity index (χ4v) is 9.33. The maximum atomic E-state index is 15.6. The lowest BCUT2D eigenvalue weighted by Gasteiger charge is -2.25. The van der Waals surface area contributed by atoms with Gasteiger partial charge in [0.15, 0.2) is 23.0 Å². The molecular weight excluding hydrogens is 631 g/mol. The molecule has 0 fully saturated rings. The van der Waals surface area contributed by atoms with Gasteiger partial charge in [-0.2, -0.15) is 26.3 Å². The van der Waals surface area contributed by atoms with Gasteiger partial charge in [0.25, 0.3) is 0 Å². The van der Waals surface area contributed by atoms with E-state index in [0.29, 0.717) is 55.7 Å². The van der Waals surface area contributed by atoms with E-state index in [1.165, 1.54) is 48.7 Å². The van der Waals surface area contributed by atoms with Crippen LogP contribution in [0.15, 0.2) is 22.9 Å². The van der Waals surface area contributed by atoms with E-state index in [4.69, 9.17) is 18.9 Å².